The summed E-state index contributed by atoms with van der Waals surface area (Å²) in [6, 6.07) is 7.00. The number of fused-ring (bicyclic) bond motifs is 1. The van der Waals surface area contributed by atoms with Crippen molar-refractivity contribution < 1.29 is 0 Å². The molecular weight excluding hydrogens is 242 g/mol. The third-order valence-electron chi connectivity index (χ3n) is 4.34. The van der Waals surface area contributed by atoms with Crippen LogP contribution in [0.25, 0.3) is 23.9 Å². The highest BCUT2D eigenvalue weighted by atomic mass is 15.0. The van der Waals surface area contributed by atoms with Crippen molar-refractivity contribution in [1.29, 1.82) is 0 Å². The summed E-state index contributed by atoms with van der Waals surface area (Å²) in [4.78, 5) is 0. The molecule has 1 aromatic heterocycles. The lowest BCUT2D eigenvalue weighted by molar-refractivity contribution is 0.531. The van der Waals surface area contributed by atoms with E-state index in [4.69, 9.17) is 0 Å². The normalized spacial score (nSPS) is 18.9. The van der Waals surface area contributed by atoms with E-state index in [1.807, 2.05) is 0 Å². The van der Waals surface area contributed by atoms with Gasteiger partial charge in [-0.25, -0.2) is 0 Å². The van der Waals surface area contributed by atoms with Crippen LogP contribution in [0.15, 0.2) is 42.5 Å². The molecule has 20 heavy (non-hydrogen) atoms. The van der Waals surface area contributed by atoms with Crippen molar-refractivity contribution in [3.63, 3.8) is 0 Å². The number of aromatic nitrogens is 1. The van der Waals surface area contributed by atoms with Gasteiger partial charge in [0.15, 0.2) is 0 Å². The summed E-state index contributed by atoms with van der Waals surface area (Å²) >= 11 is 0. The Labute approximate surface area is 120 Å². The predicted molar refractivity (Wildman–Crippen MR) is 88.2 cm³/mol. The summed E-state index contributed by atoms with van der Waals surface area (Å²) in [5.74, 6) is 0. The number of hydrogen-bond donors (Lipinski definition) is 0. The lowest BCUT2D eigenvalue weighted by Gasteiger charge is -2.20. The Balaban J connectivity index is 2.22. The van der Waals surface area contributed by atoms with Crippen molar-refractivity contribution >= 4 is 23.9 Å². The number of rotatable bonds is 2. The van der Waals surface area contributed by atoms with E-state index in [-0.39, 0.29) is 0 Å². The highest BCUT2D eigenvalue weighted by Gasteiger charge is 2.15. The van der Waals surface area contributed by atoms with Crippen LogP contribution in [0.4, 0.5) is 0 Å². The molecule has 1 heteroatoms. The first-order chi connectivity index (χ1) is 9.61. The second kappa shape index (κ2) is 4.82. The molecule has 0 saturated carbocycles. The molecule has 1 aliphatic rings. The Kier molecular flexibility index (Phi) is 3.13. The van der Waals surface area contributed by atoms with Crippen LogP contribution in [0.1, 0.15) is 31.4 Å². The van der Waals surface area contributed by atoms with Crippen molar-refractivity contribution in [3.05, 3.63) is 58.8 Å². The van der Waals surface area contributed by atoms with Crippen LogP contribution < -0.4 is 10.7 Å². The smallest absolute Gasteiger partial charge is 0.0528 e. The standard InChI is InChI=1S/C19H21N/c1-5-16-8-11-18-14(3)20(15(4)19(18)12-16)17-9-6-13(2)7-10-17/h6,8-9,11-12,17H,2-5,7,10H2,1H3. The highest BCUT2D eigenvalue weighted by molar-refractivity contribution is 5.84. The SMILES string of the molecule is C=C1C=CC(n2c(=C)c3ccc(CC)cc3c2=C)CC1. The summed E-state index contributed by atoms with van der Waals surface area (Å²) in [7, 11) is 0. The molecule has 0 bridgehead atoms. The molecule has 1 aromatic carbocycles. The van der Waals surface area contributed by atoms with Crippen molar-refractivity contribution in [2.24, 2.45) is 0 Å². The van der Waals surface area contributed by atoms with E-state index in [1.165, 1.54) is 21.9 Å². The third-order valence-corrected chi connectivity index (χ3v) is 4.34. The number of nitrogens with zero attached hydrogens (tertiary/aromatic N) is 1. The third kappa shape index (κ3) is 1.94. The van der Waals surface area contributed by atoms with Gasteiger partial charge in [0.05, 0.1) is 6.04 Å². The summed E-state index contributed by atoms with van der Waals surface area (Å²) < 4.78 is 2.28. The Morgan fingerprint density at radius 3 is 2.55 bits per heavy atom. The zero-order chi connectivity index (χ0) is 14.3. The van der Waals surface area contributed by atoms with E-state index < -0.39 is 0 Å². The molecule has 0 aliphatic heterocycles. The molecule has 0 N–H and O–H groups in total. The minimum absolute atomic E-state index is 0.359. The highest BCUT2D eigenvalue weighted by Crippen LogP contribution is 2.23. The van der Waals surface area contributed by atoms with Crippen LogP contribution in [-0.4, -0.2) is 4.57 Å². The number of allylic oxidation sites excluding steroid dienone is 3. The number of benzene rings is 1. The largest absolute Gasteiger partial charge is 0.334 e. The Morgan fingerprint density at radius 1 is 1.15 bits per heavy atom. The quantitative estimate of drug-likeness (QED) is 0.782. The van der Waals surface area contributed by atoms with Crippen LogP contribution in [0.2, 0.25) is 0 Å². The van der Waals surface area contributed by atoms with Crippen LogP contribution in [0, 0.1) is 0 Å². The van der Waals surface area contributed by atoms with Gasteiger partial charge in [0, 0.05) is 21.5 Å². The molecular formula is C19H21N. The molecule has 0 spiro atoms. The van der Waals surface area contributed by atoms with Crippen LogP contribution in [0.3, 0.4) is 0 Å². The van der Waals surface area contributed by atoms with Crippen LogP contribution >= 0.6 is 0 Å². The van der Waals surface area contributed by atoms with Gasteiger partial charge in [-0.05, 0) is 30.9 Å². The van der Waals surface area contributed by atoms with E-state index in [9.17, 15) is 0 Å². The molecule has 0 amide bonds. The second-order valence-electron chi connectivity index (χ2n) is 5.62. The van der Waals surface area contributed by atoms with Gasteiger partial charge in [0.1, 0.15) is 0 Å². The molecule has 1 aliphatic carbocycles. The van der Waals surface area contributed by atoms with Gasteiger partial charge >= 0.3 is 0 Å². The molecule has 2 aromatic rings. The van der Waals surface area contributed by atoms with E-state index >= 15 is 0 Å². The number of hydrogen-bond acceptors (Lipinski definition) is 0. The van der Waals surface area contributed by atoms with Crippen molar-refractivity contribution in [2.75, 3.05) is 0 Å². The maximum atomic E-state index is 4.31. The van der Waals surface area contributed by atoms with Gasteiger partial charge in [0.2, 0.25) is 0 Å². The topological polar surface area (TPSA) is 4.93 Å². The summed E-state index contributed by atoms with van der Waals surface area (Å²) in [6.07, 6.45) is 7.55. The lowest BCUT2D eigenvalue weighted by Crippen LogP contribution is -2.29. The van der Waals surface area contributed by atoms with E-state index in [1.54, 1.807) is 0 Å². The Hall–Kier alpha value is -2.02. The maximum absolute atomic E-state index is 4.31. The summed E-state index contributed by atoms with van der Waals surface area (Å²) in [6.45, 7) is 14.8. The zero-order valence-corrected chi connectivity index (χ0v) is 12.2. The van der Waals surface area contributed by atoms with E-state index in [2.05, 4.69) is 61.6 Å². The van der Waals surface area contributed by atoms with E-state index in [0.29, 0.717) is 6.04 Å². The molecule has 1 atom stereocenters. The fourth-order valence-electron chi connectivity index (χ4n) is 3.10. The second-order valence-corrected chi connectivity index (χ2v) is 5.62. The zero-order valence-electron chi connectivity index (χ0n) is 12.2. The van der Waals surface area contributed by atoms with Gasteiger partial charge < -0.3 is 4.57 Å². The molecule has 1 nitrogen and oxygen atoms in total. The van der Waals surface area contributed by atoms with Crippen molar-refractivity contribution in [2.45, 2.75) is 32.2 Å². The first-order valence-electron chi connectivity index (χ1n) is 7.28. The molecule has 102 valence electrons. The first-order valence-corrected chi connectivity index (χ1v) is 7.28. The summed E-state index contributed by atoms with van der Waals surface area (Å²) in [5.41, 5.74) is 2.56. The minimum atomic E-state index is 0.359. The lowest BCUT2D eigenvalue weighted by atomic mass is 9.99. The van der Waals surface area contributed by atoms with Gasteiger partial charge in [-0.1, -0.05) is 56.5 Å². The van der Waals surface area contributed by atoms with Crippen molar-refractivity contribution in [1.82, 2.24) is 4.57 Å². The number of aryl methyl sites for hydroxylation is 1. The molecule has 1 heterocycles. The summed E-state index contributed by atoms with van der Waals surface area (Å²) in [5, 5.41) is 4.63. The monoisotopic (exact) mass is 263 g/mol. The van der Waals surface area contributed by atoms with Gasteiger partial charge in [-0.3, -0.25) is 0 Å². The Bertz CT molecular complexity index is 804. The van der Waals surface area contributed by atoms with Crippen LogP contribution in [0.5, 0.6) is 0 Å². The van der Waals surface area contributed by atoms with Gasteiger partial charge in [0.25, 0.3) is 0 Å². The van der Waals surface area contributed by atoms with Crippen LogP contribution in [-0.2, 0) is 6.42 Å². The maximum Gasteiger partial charge on any atom is 0.0528 e. The molecule has 3 rings (SSSR count). The molecule has 1 unspecified atom stereocenters. The fraction of sp³-hybridized carbons (Fsp3) is 0.263. The molecule has 0 fully saturated rings. The Morgan fingerprint density at radius 2 is 1.90 bits per heavy atom. The molecule has 0 radical (unpaired) electrons. The average molecular weight is 263 g/mol. The van der Waals surface area contributed by atoms with Gasteiger partial charge in [-0.15, -0.1) is 0 Å². The predicted octanol–water partition coefficient (Wildman–Crippen LogP) is 3.47. The minimum Gasteiger partial charge on any atom is -0.334 e. The van der Waals surface area contributed by atoms with E-state index in [0.717, 1.165) is 30.0 Å². The van der Waals surface area contributed by atoms with Crippen molar-refractivity contribution in [3.8, 4) is 0 Å². The fourth-order valence-corrected chi connectivity index (χ4v) is 3.10. The molecule has 0 saturated heterocycles. The average Bonchev–Trinajstić information content (AvgIpc) is 2.72. The first kappa shape index (κ1) is 13.0. The van der Waals surface area contributed by atoms with Gasteiger partial charge in [-0.2, -0.15) is 0 Å².